The van der Waals surface area contributed by atoms with Crippen LogP contribution < -0.4 is 4.90 Å². The molecule has 0 saturated carbocycles. The van der Waals surface area contributed by atoms with Gasteiger partial charge in [0.2, 0.25) is 0 Å². The minimum Gasteiger partial charge on any atom is -0.378 e. The first-order chi connectivity index (χ1) is 11.5. The second-order valence-corrected chi connectivity index (χ2v) is 6.11. The zero-order chi connectivity index (χ0) is 17.3. The van der Waals surface area contributed by atoms with Crippen molar-refractivity contribution in [1.29, 1.82) is 0 Å². The van der Waals surface area contributed by atoms with Crippen molar-refractivity contribution in [2.75, 3.05) is 26.0 Å². The van der Waals surface area contributed by atoms with Crippen LogP contribution in [-0.4, -0.2) is 36.9 Å². The highest BCUT2D eigenvalue weighted by atomic mass is 19.1. The Morgan fingerprint density at radius 3 is 2.42 bits per heavy atom. The molecule has 0 aliphatic rings. The molecular weight excluding hydrogens is 305 g/mol. The third-order valence-corrected chi connectivity index (χ3v) is 4.06. The number of anilines is 1. The van der Waals surface area contributed by atoms with E-state index in [9.17, 15) is 9.18 Å². The molecule has 0 spiro atoms. The van der Waals surface area contributed by atoms with Gasteiger partial charge in [-0.3, -0.25) is 4.79 Å². The number of nitrogens with zero attached hydrogens (tertiary/aromatic N) is 2. The average Bonchev–Trinajstić information content (AvgIpc) is 3.00. The van der Waals surface area contributed by atoms with E-state index >= 15 is 0 Å². The summed E-state index contributed by atoms with van der Waals surface area (Å²) in [5, 5.41) is 0.435. The number of halogens is 1. The van der Waals surface area contributed by atoms with Gasteiger partial charge in [-0.05, 0) is 35.9 Å². The number of aromatic amines is 1. The van der Waals surface area contributed by atoms with Crippen molar-refractivity contribution in [1.82, 2.24) is 9.88 Å². The number of amides is 1. The Bertz CT molecular complexity index is 868. The minimum atomic E-state index is -0.329. The number of hydrogen-bond donors (Lipinski definition) is 1. The van der Waals surface area contributed by atoms with Gasteiger partial charge in [0.25, 0.3) is 5.91 Å². The maximum absolute atomic E-state index is 13.8. The Labute approximate surface area is 140 Å². The van der Waals surface area contributed by atoms with Gasteiger partial charge in [-0.15, -0.1) is 0 Å². The summed E-state index contributed by atoms with van der Waals surface area (Å²) in [7, 11) is 5.71. The highest BCUT2D eigenvalue weighted by molar-refractivity contribution is 5.98. The third-order valence-electron chi connectivity index (χ3n) is 4.06. The van der Waals surface area contributed by atoms with Crippen LogP contribution in [0.15, 0.2) is 48.5 Å². The summed E-state index contributed by atoms with van der Waals surface area (Å²) < 4.78 is 13.8. The van der Waals surface area contributed by atoms with Crippen molar-refractivity contribution in [2.24, 2.45) is 0 Å². The maximum atomic E-state index is 13.8. The summed E-state index contributed by atoms with van der Waals surface area (Å²) in [5.41, 5.74) is 3.17. The van der Waals surface area contributed by atoms with Crippen LogP contribution in [-0.2, 0) is 6.54 Å². The van der Waals surface area contributed by atoms with Crippen LogP contribution in [0.1, 0.15) is 16.1 Å². The highest BCUT2D eigenvalue weighted by Crippen LogP contribution is 2.20. The van der Waals surface area contributed by atoms with Crippen molar-refractivity contribution in [2.45, 2.75) is 6.54 Å². The van der Waals surface area contributed by atoms with Crippen LogP contribution >= 0.6 is 0 Å². The molecule has 1 heterocycles. The third kappa shape index (κ3) is 3.11. The molecule has 1 amide bonds. The predicted octanol–water partition coefficient (Wildman–Crippen LogP) is 3.65. The highest BCUT2D eigenvalue weighted by Gasteiger charge is 2.16. The van der Waals surface area contributed by atoms with E-state index in [0.29, 0.717) is 23.1 Å². The number of H-pyrrole nitrogens is 1. The van der Waals surface area contributed by atoms with Crippen molar-refractivity contribution in [3.05, 3.63) is 65.6 Å². The summed E-state index contributed by atoms with van der Waals surface area (Å²) in [6, 6.07) is 14.4. The van der Waals surface area contributed by atoms with E-state index in [4.69, 9.17) is 0 Å². The summed E-state index contributed by atoms with van der Waals surface area (Å²) in [6.07, 6.45) is 0. The fourth-order valence-electron chi connectivity index (χ4n) is 2.68. The zero-order valence-corrected chi connectivity index (χ0v) is 14.0. The first-order valence-electron chi connectivity index (χ1n) is 7.74. The summed E-state index contributed by atoms with van der Waals surface area (Å²) >= 11 is 0. The smallest absolute Gasteiger partial charge is 0.270 e. The monoisotopic (exact) mass is 325 g/mol. The number of benzene rings is 2. The van der Waals surface area contributed by atoms with E-state index in [0.717, 1.165) is 11.3 Å². The van der Waals surface area contributed by atoms with Gasteiger partial charge in [0.1, 0.15) is 11.5 Å². The summed E-state index contributed by atoms with van der Waals surface area (Å²) in [4.78, 5) is 19.2. The number of aromatic nitrogens is 1. The largest absolute Gasteiger partial charge is 0.378 e. The van der Waals surface area contributed by atoms with Crippen molar-refractivity contribution in [3.8, 4) is 0 Å². The van der Waals surface area contributed by atoms with Gasteiger partial charge < -0.3 is 14.8 Å². The van der Waals surface area contributed by atoms with Gasteiger partial charge in [0.05, 0.1) is 0 Å². The van der Waals surface area contributed by atoms with Gasteiger partial charge in [-0.25, -0.2) is 4.39 Å². The zero-order valence-electron chi connectivity index (χ0n) is 14.0. The second-order valence-electron chi connectivity index (χ2n) is 6.11. The molecule has 0 aliphatic heterocycles. The first-order valence-corrected chi connectivity index (χ1v) is 7.74. The molecule has 4 nitrogen and oxygen atoms in total. The standard InChI is InChI=1S/C19H20FN3O/c1-22(2)14-9-7-13(8-10-14)12-23(3)19(24)18-11-15-16(20)5-4-6-17(15)21-18/h4-11,21H,12H2,1-3H3. The number of rotatable bonds is 4. The molecule has 3 rings (SSSR count). The first kappa shape index (κ1) is 16.1. The fourth-order valence-corrected chi connectivity index (χ4v) is 2.68. The normalized spacial score (nSPS) is 10.8. The van der Waals surface area contributed by atoms with Crippen molar-refractivity contribution < 1.29 is 9.18 Å². The topological polar surface area (TPSA) is 39.3 Å². The Hall–Kier alpha value is -2.82. The molecular formula is C19H20FN3O. The summed E-state index contributed by atoms with van der Waals surface area (Å²) in [5.74, 6) is -0.494. The number of fused-ring (bicyclic) bond motifs is 1. The molecule has 0 aliphatic carbocycles. The van der Waals surface area contributed by atoms with Gasteiger partial charge in [0, 0.05) is 44.3 Å². The molecule has 0 atom stereocenters. The van der Waals surface area contributed by atoms with Gasteiger partial charge >= 0.3 is 0 Å². The lowest BCUT2D eigenvalue weighted by Crippen LogP contribution is -2.26. The average molecular weight is 325 g/mol. The van der Waals surface area contributed by atoms with E-state index in [1.54, 1.807) is 30.1 Å². The number of hydrogen-bond acceptors (Lipinski definition) is 2. The van der Waals surface area contributed by atoms with Crippen LogP contribution in [0.4, 0.5) is 10.1 Å². The van der Waals surface area contributed by atoms with E-state index in [-0.39, 0.29) is 11.7 Å². The van der Waals surface area contributed by atoms with E-state index in [1.165, 1.54) is 6.07 Å². The second kappa shape index (κ2) is 6.35. The molecule has 24 heavy (non-hydrogen) atoms. The van der Waals surface area contributed by atoms with Crippen LogP contribution in [0.2, 0.25) is 0 Å². The molecule has 3 aromatic rings. The van der Waals surface area contributed by atoms with Crippen molar-refractivity contribution >= 4 is 22.5 Å². The van der Waals surface area contributed by atoms with Crippen LogP contribution in [0, 0.1) is 5.82 Å². The molecule has 2 aromatic carbocycles. The van der Waals surface area contributed by atoms with Gasteiger partial charge in [0.15, 0.2) is 0 Å². The van der Waals surface area contributed by atoms with Gasteiger partial charge in [-0.2, -0.15) is 0 Å². The molecule has 5 heteroatoms. The lowest BCUT2D eigenvalue weighted by Gasteiger charge is -2.18. The van der Waals surface area contributed by atoms with Crippen molar-refractivity contribution in [3.63, 3.8) is 0 Å². The predicted molar refractivity (Wildman–Crippen MR) is 94.8 cm³/mol. The molecule has 0 bridgehead atoms. The Morgan fingerprint density at radius 1 is 1.08 bits per heavy atom. The summed E-state index contributed by atoms with van der Waals surface area (Å²) in [6.45, 7) is 0.490. The Morgan fingerprint density at radius 2 is 1.79 bits per heavy atom. The minimum absolute atomic E-state index is 0.165. The van der Waals surface area contributed by atoms with Crippen LogP contribution in [0.5, 0.6) is 0 Å². The SMILES string of the molecule is CN(Cc1ccc(N(C)C)cc1)C(=O)c1cc2c(F)cccc2[nH]1. The lowest BCUT2D eigenvalue weighted by molar-refractivity contribution is 0.0780. The molecule has 124 valence electrons. The number of nitrogens with one attached hydrogen (secondary N) is 1. The molecule has 1 N–H and O–H groups in total. The fraction of sp³-hybridized carbons (Fsp3) is 0.211. The van der Waals surface area contributed by atoms with E-state index in [1.807, 2.05) is 43.3 Å². The molecule has 0 unspecified atom stereocenters. The number of carbonyl (C=O) groups is 1. The quantitative estimate of drug-likeness (QED) is 0.795. The molecule has 0 radical (unpaired) electrons. The van der Waals surface area contributed by atoms with E-state index < -0.39 is 0 Å². The lowest BCUT2D eigenvalue weighted by atomic mass is 10.2. The number of carbonyl (C=O) groups excluding carboxylic acids is 1. The molecule has 0 fully saturated rings. The molecule has 1 aromatic heterocycles. The Kier molecular flexibility index (Phi) is 4.25. The van der Waals surface area contributed by atoms with Gasteiger partial charge in [-0.1, -0.05) is 18.2 Å². The molecule has 0 saturated heterocycles. The van der Waals surface area contributed by atoms with E-state index in [2.05, 4.69) is 4.98 Å². The van der Waals surface area contributed by atoms with Crippen LogP contribution in [0.3, 0.4) is 0 Å². The Balaban J connectivity index is 1.77. The van der Waals surface area contributed by atoms with Crippen LogP contribution in [0.25, 0.3) is 10.9 Å². The maximum Gasteiger partial charge on any atom is 0.270 e.